The Morgan fingerprint density at radius 3 is 2.79 bits per heavy atom. The SMILES string of the molecule is CCCNc1ccccc1C(O)OC. The van der Waals surface area contributed by atoms with E-state index in [-0.39, 0.29) is 0 Å². The number of aliphatic hydroxyl groups excluding tert-OH is 1. The third-order valence-corrected chi connectivity index (χ3v) is 2.02. The van der Waals surface area contributed by atoms with Crippen LogP contribution in [0.4, 0.5) is 5.69 Å². The Hall–Kier alpha value is -1.06. The highest BCUT2D eigenvalue weighted by molar-refractivity contribution is 5.51. The lowest BCUT2D eigenvalue weighted by Crippen LogP contribution is -2.07. The third-order valence-electron chi connectivity index (χ3n) is 2.02. The van der Waals surface area contributed by atoms with E-state index >= 15 is 0 Å². The normalized spacial score (nSPS) is 12.5. The summed E-state index contributed by atoms with van der Waals surface area (Å²) in [5.41, 5.74) is 1.71. The highest BCUT2D eigenvalue weighted by atomic mass is 16.6. The molecule has 14 heavy (non-hydrogen) atoms. The van der Waals surface area contributed by atoms with Crippen molar-refractivity contribution >= 4 is 5.69 Å². The molecule has 1 rings (SSSR count). The van der Waals surface area contributed by atoms with E-state index in [1.165, 1.54) is 7.11 Å². The van der Waals surface area contributed by atoms with Gasteiger partial charge in [-0.15, -0.1) is 0 Å². The van der Waals surface area contributed by atoms with E-state index in [1.54, 1.807) is 0 Å². The fourth-order valence-electron chi connectivity index (χ4n) is 1.26. The average Bonchev–Trinajstić information content (AvgIpc) is 2.25. The molecule has 0 spiro atoms. The summed E-state index contributed by atoms with van der Waals surface area (Å²) in [5, 5.41) is 12.8. The van der Waals surface area contributed by atoms with Crippen molar-refractivity contribution in [2.75, 3.05) is 19.0 Å². The van der Waals surface area contributed by atoms with Gasteiger partial charge in [-0.05, 0) is 12.5 Å². The van der Waals surface area contributed by atoms with Crippen molar-refractivity contribution in [3.8, 4) is 0 Å². The van der Waals surface area contributed by atoms with Crippen molar-refractivity contribution in [1.29, 1.82) is 0 Å². The van der Waals surface area contributed by atoms with E-state index in [0.29, 0.717) is 0 Å². The zero-order valence-corrected chi connectivity index (χ0v) is 8.66. The lowest BCUT2D eigenvalue weighted by Gasteiger charge is -2.14. The molecule has 0 aromatic heterocycles. The molecule has 2 N–H and O–H groups in total. The van der Waals surface area contributed by atoms with Crippen molar-refractivity contribution in [2.24, 2.45) is 0 Å². The van der Waals surface area contributed by atoms with E-state index in [0.717, 1.165) is 24.2 Å². The number of hydrogen-bond acceptors (Lipinski definition) is 3. The Labute approximate surface area is 84.7 Å². The molecule has 0 saturated heterocycles. The van der Waals surface area contributed by atoms with Gasteiger partial charge in [-0.3, -0.25) is 0 Å². The number of nitrogens with one attached hydrogen (secondary N) is 1. The number of benzene rings is 1. The van der Waals surface area contributed by atoms with Crippen molar-refractivity contribution in [3.05, 3.63) is 29.8 Å². The molecule has 0 amide bonds. The summed E-state index contributed by atoms with van der Waals surface area (Å²) in [6.07, 6.45) is 0.202. The largest absolute Gasteiger partial charge is 0.385 e. The van der Waals surface area contributed by atoms with Crippen LogP contribution in [-0.2, 0) is 4.74 Å². The van der Waals surface area contributed by atoms with Gasteiger partial charge in [-0.2, -0.15) is 0 Å². The standard InChI is InChI=1S/C11H17NO2/c1-3-8-12-10-7-5-4-6-9(10)11(13)14-2/h4-7,11-13H,3,8H2,1-2H3. The Morgan fingerprint density at radius 1 is 1.43 bits per heavy atom. The molecule has 0 heterocycles. The molecular weight excluding hydrogens is 178 g/mol. The first-order valence-electron chi connectivity index (χ1n) is 4.83. The first-order valence-corrected chi connectivity index (χ1v) is 4.83. The second-order valence-corrected chi connectivity index (χ2v) is 3.10. The summed E-state index contributed by atoms with van der Waals surface area (Å²) >= 11 is 0. The van der Waals surface area contributed by atoms with Crippen LogP contribution >= 0.6 is 0 Å². The van der Waals surface area contributed by atoms with Crippen LogP contribution < -0.4 is 5.32 Å². The zero-order chi connectivity index (χ0) is 10.4. The maximum Gasteiger partial charge on any atom is 0.182 e. The number of ether oxygens (including phenoxy) is 1. The topological polar surface area (TPSA) is 41.5 Å². The zero-order valence-electron chi connectivity index (χ0n) is 8.66. The summed E-state index contributed by atoms with van der Waals surface area (Å²) in [7, 11) is 1.49. The van der Waals surface area contributed by atoms with E-state index in [2.05, 4.69) is 12.2 Å². The van der Waals surface area contributed by atoms with Gasteiger partial charge >= 0.3 is 0 Å². The molecule has 1 atom stereocenters. The van der Waals surface area contributed by atoms with Gasteiger partial charge in [-0.1, -0.05) is 25.1 Å². The lowest BCUT2D eigenvalue weighted by atomic mass is 10.1. The van der Waals surface area contributed by atoms with E-state index in [1.807, 2.05) is 24.3 Å². The van der Waals surface area contributed by atoms with Gasteiger partial charge in [0.2, 0.25) is 0 Å². The molecule has 0 fully saturated rings. The minimum Gasteiger partial charge on any atom is -0.385 e. The lowest BCUT2D eigenvalue weighted by molar-refractivity contribution is -0.0764. The molecular formula is C11H17NO2. The van der Waals surface area contributed by atoms with Crippen molar-refractivity contribution in [2.45, 2.75) is 19.6 Å². The van der Waals surface area contributed by atoms with Gasteiger partial charge in [0.15, 0.2) is 6.29 Å². The van der Waals surface area contributed by atoms with Gasteiger partial charge in [0, 0.05) is 24.9 Å². The molecule has 0 aliphatic heterocycles. The minimum atomic E-state index is -0.851. The maximum atomic E-state index is 9.55. The van der Waals surface area contributed by atoms with Gasteiger partial charge in [-0.25, -0.2) is 0 Å². The highest BCUT2D eigenvalue weighted by Gasteiger charge is 2.09. The van der Waals surface area contributed by atoms with E-state index in [4.69, 9.17) is 4.74 Å². The first kappa shape index (κ1) is 11.0. The summed E-state index contributed by atoms with van der Waals surface area (Å²) < 4.78 is 4.87. The number of rotatable bonds is 5. The molecule has 0 aliphatic rings. The number of methoxy groups -OCH3 is 1. The van der Waals surface area contributed by atoms with Crippen LogP contribution in [0, 0.1) is 0 Å². The molecule has 0 saturated carbocycles. The number of para-hydroxylation sites is 1. The summed E-state index contributed by atoms with van der Waals surface area (Å²) in [6.45, 7) is 3.00. The molecule has 78 valence electrons. The van der Waals surface area contributed by atoms with Gasteiger partial charge in [0.25, 0.3) is 0 Å². The van der Waals surface area contributed by atoms with Crippen LogP contribution in [0.3, 0.4) is 0 Å². The van der Waals surface area contributed by atoms with Crippen molar-refractivity contribution < 1.29 is 9.84 Å². The Morgan fingerprint density at radius 2 is 2.14 bits per heavy atom. The molecule has 0 aliphatic carbocycles. The summed E-state index contributed by atoms with van der Waals surface area (Å²) in [6, 6.07) is 7.61. The molecule has 1 aromatic rings. The minimum absolute atomic E-state index is 0.781. The third kappa shape index (κ3) is 2.72. The Balaban J connectivity index is 2.79. The maximum absolute atomic E-state index is 9.55. The molecule has 1 unspecified atom stereocenters. The van der Waals surface area contributed by atoms with Crippen molar-refractivity contribution in [1.82, 2.24) is 0 Å². The highest BCUT2D eigenvalue weighted by Crippen LogP contribution is 2.22. The fourth-order valence-corrected chi connectivity index (χ4v) is 1.26. The fraction of sp³-hybridized carbons (Fsp3) is 0.455. The van der Waals surface area contributed by atoms with Gasteiger partial charge < -0.3 is 15.2 Å². The van der Waals surface area contributed by atoms with Crippen LogP contribution in [0.2, 0.25) is 0 Å². The van der Waals surface area contributed by atoms with Crippen molar-refractivity contribution in [3.63, 3.8) is 0 Å². The predicted molar refractivity (Wildman–Crippen MR) is 57.2 cm³/mol. The Bertz CT molecular complexity index is 276. The molecule has 3 nitrogen and oxygen atoms in total. The monoisotopic (exact) mass is 195 g/mol. The van der Waals surface area contributed by atoms with E-state index in [9.17, 15) is 5.11 Å². The number of anilines is 1. The van der Waals surface area contributed by atoms with Gasteiger partial charge in [0.05, 0.1) is 0 Å². The van der Waals surface area contributed by atoms with Crippen LogP contribution in [0.15, 0.2) is 24.3 Å². The van der Waals surface area contributed by atoms with Crippen LogP contribution in [0.25, 0.3) is 0 Å². The molecule has 3 heteroatoms. The quantitative estimate of drug-likeness (QED) is 0.707. The predicted octanol–water partition coefficient (Wildman–Crippen LogP) is 2.15. The summed E-state index contributed by atoms with van der Waals surface area (Å²) in [5.74, 6) is 0. The van der Waals surface area contributed by atoms with Crippen LogP contribution in [-0.4, -0.2) is 18.8 Å². The first-order chi connectivity index (χ1) is 6.79. The molecule has 1 aromatic carbocycles. The van der Waals surface area contributed by atoms with Crippen LogP contribution in [0.5, 0.6) is 0 Å². The summed E-state index contributed by atoms with van der Waals surface area (Å²) in [4.78, 5) is 0. The second-order valence-electron chi connectivity index (χ2n) is 3.10. The number of aliphatic hydroxyl groups is 1. The number of hydrogen-bond donors (Lipinski definition) is 2. The molecule has 0 radical (unpaired) electrons. The van der Waals surface area contributed by atoms with E-state index < -0.39 is 6.29 Å². The average molecular weight is 195 g/mol. The second kappa shape index (κ2) is 5.62. The van der Waals surface area contributed by atoms with Crippen LogP contribution in [0.1, 0.15) is 25.2 Å². The molecule has 0 bridgehead atoms. The van der Waals surface area contributed by atoms with Gasteiger partial charge in [0.1, 0.15) is 0 Å². The Kier molecular flexibility index (Phi) is 4.43. The smallest absolute Gasteiger partial charge is 0.182 e.